The molecule has 0 unspecified atom stereocenters. The predicted octanol–water partition coefficient (Wildman–Crippen LogP) is 3.57. The molecule has 1 N–H and O–H groups in total. The number of nitrogens with zero attached hydrogens (tertiary/aromatic N) is 3. The van der Waals surface area contributed by atoms with Crippen molar-refractivity contribution in [2.45, 2.75) is 43.9 Å². The summed E-state index contributed by atoms with van der Waals surface area (Å²) in [4.78, 5) is 17.6. The van der Waals surface area contributed by atoms with Crippen LogP contribution in [0.3, 0.4) is 0 Å². The molecular weight excluding hydrogens is 440 g/mol. The van der Waals surface area contributed by atoms with Crippen LogP contribution in [0.25, 0.3) is 11.4 Å². The molecule has 1 aromatic heterocycles. The summed E-state index contributed by atoms with van der Waals surface area (Å²) < 4.78 is 32.9. The van der Waals surface area contributed by atoms with Crippen molar-refractivity contribution < 1.29 is 17.7 Å². The van der Waals surface area contributed by atoms with Gasteiger partial charge in [-0.15, -0.1) is 0 Å². The van der Waals surface area contributed by atoms with Crippen LogP contribution in [-0.4, -0.2) is 41.9 Å². The number of anilines is 1. The van der Waals surface area contributed by atoms with Gasteiger partial charge in [0.15, 0.2) is 0 Å². The van der Waals surface area contributed by atoms with Gasteiger partial charge in [0.2, 0.25) is 27.6 Å². The third-order valence-corrected chi connectivity index (χ3v) is 8.38. The number of rotatable bonds is 5. The molecule has 0 saturated carbocycles. The average Bonchev–Trinajstić information content (AvgIpc) is 3.48. The molecule has 8 nitrogen and oxygen atoms in total. The van der Waals surface area contributed by atoms with E-state index in [-0.39, 0.29) is 11.8 Å². The topological polar surface area (TPSA) is 105 Å². The Balaban J connectivity index is 1.25. The lowest BCUT2D eigenvalue weighted by Crippen LogP contribution is -2.41. The van der Waals surface area contributed by atoms with Crippen molar-refractivity contribution in [3.8, 4) is 11.4 Å². The van der Waals surface area contributed by atoms with E-state index in [1.165, 1.54) is 9.87 Å². The quantitative estimate of drug-likeness (QED) is 0.616. The van der Waals surface area contributed by atoms with Gasteiger partial charge >= 0.3 is 0 Å². The Morgan fingerprint density at radius 2 is 1.85 bits per heavy atom. The van der Waals surface area contributed by atoms with Crippen LogP contribution in [0.2, 0.25) is 0 Å². The lowest BCUT2D eigenvalue weighted by atomic mass is 9.97. The molecular formula is C24H26N4O4S. The van der Waals surface area contributed by atoms with Crippen LogP contribution < -0.4 is 5.32 Å². The van der Waals surface area contributed by atoms with E-state index in [1.54, 1.807) is 19.1 Å². The number of benzene rings is 2. The summed E-state index contributed by atoms with van der Waals surface area (Å²) in [5.74, 6) is 0.468. The van der Waals surface area contributed by atoms with Crippen LogP contribution in [0, 0.1) is 12.8 Å². The predicted molar refractivity (Wildman–Crippen MR) is 123 cm³/mol. The Hall–Kier alpha value is -3.04. The van der Waals surface area contributed by atoms with E-state index in [1.807, 2.05) is 30.3 Å². The fourth-order valence-electron chi connectivity index (χ4n) is 4.65. The number of nitrogens with one attached hydrogen (secondary N) is 1. The molecule has 1 aliphatic carbocycles. The maximum Gasteiger partial charge on any atom is 0.243 e. The average molecular weight is 467 g/mol. The van der Waals surface area contributed by atoms with Gasteiger partial charge in [-0.05, 0) is 67.5 Å². The first-order valence-electron chi connectivity index (χ1n) is 11.2. The first-order chi connectivity index (χ1) is 15.9. The molecule has 33 heavy (non-hydrogen) atoms. The van der Waals surface area contributed by atoms with Crippen molar-refractivity contribution >= 4 is 21.6 Å². The Morgan fingerprint density at radius 3 is 2.61 bits per heavy atom. The number of hydrogen-bond acceptors (Lipinski definition) is 6. The highest BCUT2D eigenvalue weighted by atomic mass is 32.2. The minimum absolute atomic E-state index is 0.128. The largest absolute Gasteiger partial charge is 0.339 e. The molecule has 172 valence electrons. The third-order valence-electron chi connectivity index (χ3n) is 6.49. The summed E-state index contributed by atoms with van der Waals surface area (Å²) >= 11 is 0. The van der Waals surface area contributed by atoms with Crippen LogP contribution in [-0.2, 0) is 27.7 Å². The zero-order chi connectivity index (χ0) is 23.0. The van der Waals surface area contributed by atoms with E-state index in [4.69, 9.17) is 4.52 Å². The van der Waals surface area contributed by atoms with Gasteiger partial charge in [-0.1, -0.05) is 23.4 Å². The fourth-order valence-corrected chi connectivity index (χ4v) is 6.17. The van der Waals surface area contributed by atoms with Crippen LogP contribution >= 0.6 is 0 Å². The number of fused-ring (bicyclic) bond motifs is 1. The molecule has 1 amide bonds. The van der Waals surface area contributed by atoms with E-state index in [2.05, 4.69) is 15.5 Å². The number of hydrogen-bond donors (Lipinski definition) is 1. The number of piperidine rings is 1. The van der Waals surface area contributed by atoms with Crippen molar-refractivity contribution in [2.24, 2.45) is 5.92 Å². The first kappa shape index (κ1) is 21.8. The number of carbonyl (C=O) groups is 1. The standard InChI is InChI=1S/C24H26N4O4S/c1-16-25-23(27-32-16)21-7-2-3-8-22(21)26-24(29)18-11-13-28(14-12-18)33(30,31)20-10-9-17-5-4-6-19(17)15-20/h2-3,7-10,15,18H,4-6,11-14H2,1H3,(H,26,29). The van der Waals surface area contributed by atoms with E-state index in [0.717, 1.165) is 24.8 Å². The highest BCUT2D eigenvalue weighted by Crippen LogP contribution is 2.30. The van der Waals surface area contributed by atoms with Crippen molar-refractivity contribution in [1.82, 2.24) is 14.4 Å². The zero-order valence-electron chi connectivity index (χ0n) is 18.5. The van der Waals surface area contributed by atoms with Crippen LogP contribution in [0.1, 0.15) is 36.3 Å². The summed E-state index contributed by atoms with van der Waals surface area (Å²) in [6.45, 7) is 2.36. The molecule has 9 heteroatoms. The minimum atomic E-state index is -3.56. The monoisotopic (exact) mass is 466 g/mol. The molecule has 3 aromatic rings. The Bertz CT molecular complexity index is 1290. The van der Waals surface area contributed by atoms with Gasteiger partial charge < -0.3 is 9.84 Å². The maximum absolute atomic E-state index is 13.2. The SMILES string of the molecule is Cc1nc(-c2ccccc2NC(=O)C2CCN(S(=O)(=O)c3ccc4c(c3)CCC4)CC2)no1. The van der Waals surface area contributed by atoms with Crippen molar-refractivity contribution in [3.05, 3.63) is 59.5 Å². The second-order valence-electron chi connectivity index (χ2n) is 8.63. The molecule has 0 bridgehead atoms. The molecule has 5 rings (SSSR count). The summed E-state index contributed by atoms with van der Waals surface area (Å²) in [6, 6.07) is 12.8. The van der Waals surface area contributed by atoms with Crippen molar-refractivity contribution in [3.63, 3.8) is 0 Å². The second kappa shape index (κ2) is 8.72. The van der Waals surface area contributed by atoms with Crippen LogP contribution in [0.4, 0.5) is 5.69 Å². The lowest BCUT2D eigenvalue weighted by Gasteiger charge is -2.30. The normalized spacial score (nSPS) is 17.1. The molecule has 2 aromatic carbocycles. The lowest BCUT2D eigenvalue weighted by molar-refractivity contribution is -0.120. The van der Waals surface area contributed by atoms with Crippen LogP contribution in [0.15, 0.2) is 51.9 Å². The first-order valence-corrected chi connectivity index (χ1v) is 12.7. The summed E-state index contributed by atoms with van der Waals surface area (Å²) in [6.07, 6.45) is 3.98. The molecule has 2 heterocycles. The van der Waals surface area contributed by atoms with E-state index < -0.39 is 10.0 Å². The Morgan fingerprint density at radius 1 is 1.09 bits per heavy atom. The van der Waals surface area contributed by atoms with Gasteiger partial charge in [-0.2, -0.15) is 9.29 Å². The van der Waals surface area contributed by atoms with Gasteiger partial charge in [0.25, 0.3) is 0 Å². The number of carbonyl (C=O) groups excluding carboxylic acids is 1. The molecule has 1 fully saturated rings. The maximum atomic E-state index is 13.2. The molecule has 0 atom stereocenters. The Labute approximate surface area is 193 Å². The molecule has 1 saturated heterocycles. The minimum Gasteiger partial charge on any atom is -0.339 e. The van der Waals surface area contributed by atoms with Crippen molar-refractivity contribution in [2.75, 3.05) is 18.4 Å². The summed E-state index contributed by atoms with van der Waals surface area (Å²) in [5, 5.41) is 6.92. The second-order valence-corrected chi connectivity index (χ2v) is 10.6. The van der Waals surface area contributed by atoms with Gasteiger partial charge in [0, 0.05) is 31.5 Å². The van der Waals surface area contributed by atoms with Gasteiger partial charge in [-0.25, -0.2) is 8.42 Å². The van der Waals surface area contributed by atoms with Crippen molar-refractivity contribution in [1.29, 1.82) is 0 Å². The highest BCUT2D eigenvalue weighted by molar-refractivity contribution is 7.89. The number of aryl methyl sites for hydroxylation is 3. The molecule has 0 radical (unpaired) electrons. The molecule has 1 aliphatic heterocycles. The van der Waals surface area contributed by atoms with E-state index >= 15 is 0 Å². The number of para-hydroxylation sites is 1. The molecule has 0 spiro atoms. The van der Waals surface area contributed by atoms with Gasteiger partial charge in [0.1, 0.15) is 0 Å². The fraction of sp³-hybridized carbons (Fsp3) is 0.375. The third kappa shape index (κ3) is 4.30. The number of sulfonamides is 1. The number of amides is 1. The Kier molecular flexibility index (Phi) is 5.76. The van der Waals surface area contributed by atoms with E-state index in [0.29, 0.717) is 53.8 Å². The summed E-state index contributed by atoms with van der Waals surface area (Å²) in [7, 11) is -3.56. The smallest absolute Gasteiger partial charge is 0.243 e. The molecule has 2 aliphatic rings. The van der Waals surface area contributed by atoms with Gasteiger partial charge in [0.05, 0.1) is 10.6 Å². The van der Waals surface area contributed by atoms with E-state index in [9.17, 15) is 13.2 Å². The number of aromatic nitrogens is 2. The summed E-state index contributed by atoms with van der Waals surface area (Å²) in [5.41, 5.74) is 3.68. The van der Waals surface area contributed by atoms with Crippen LogP contribution in [0.5, 0.6) is 0 Å². The zero-order valence-corrected chi connectivity index (χ0v) is 19.3. The highest BCUT2D eigenvalue weighted by Gasteiger charge is 2.33. The van der Waals surface area contributed by atoms with Gasteiger partial charge in [-0.3, -0.25) is 4.79 Å².